The van der Waals surface area contributed by atoms with Crippen molar-refractivity contribution in [2.24, 2.45) is 0 Å². The molecule has 1 heterocycles. The minimum atomic E-state index is -0.207. The van der Waals surface area contributed by atoms with Crippen LogP contribution < -0.4 is 5.32 Å². The number of nitrogens with one attached hydrogen (secondary N) is 1. The van der Waals surface area contributed by atoms with Crippen molar-refractivity contribution in [3.8, 4) is 0 Å². The smallest absolute Gasteiger partial charge is 0.261 e. The molecule has 1 amide bonds. The van der Waals surface area contributed by atoms with Crippen molar-refractivity contribution in [3.63, 3.8) is 0 Å². The number of hydrogen-bond donors (Lipinski definition) is 1. The molecule has 0 aliphatic rings. The second-order valence-electron chi connectivity index (χ2n) is 4.33. The third kappa shape index (κ3) is 2.79. The van der Waals surface area contributed by atoms with E-state index in [0.717, 1.165) is 11.3 Å². The number of aromatic nitrogens is 1. The molecule has 1 aromatic heterocycles. The van der Waals surface area contributed by atoms with Crippen LogP contribution in [0, 0.1) is 13.8 Å². The summed E-state index contributed by atoms with van der Waals surface area (Å²) in [7, 11) is 0. The Balaban J connectivity index is 2.28. The first kappa shape index (κ1) is 13.6. The van der Waals surface area contributed by atoms with Gasteiger partial charge in [0.25, 0.3) is 5.91 Å². The lowest BCUT2D eigenvalue weighted by Gasteiger charge is -2.08. The van der Waals surface area contributed by atoms with Crippen LogP contribution in [-0.4, -0.2) is 11.1 Å². The van der Waals surface area contributed by atoms with E-state index in [1.165, 1.54) is 0 Å². The van der Waals surface area contributed by atoms with Crippen LogP contribution in [0.4, 0.5) is 5.69 Å². The van der Waals surface area contributed by atoms with E-state index in [0.29, 0.717) is 28.5 Å². The molecule has 4 nitrogen and oxygen atoms in total. The van der Waals surface area contributed by atoms with E-state index in [-0.39, 0.29) is 5.91 Å². The van der Waals surface area contributed by atoms with E-state index >= 15 is 0 Å². The normalized spacial score (nSPS) is 10.5. The predicted molar refractivity (Wildman–Crippen MR) is 74.8 cm³/mol. The molecular formula is C14H15ClN2O2. The number of nitrogens with zero attached hydrogens (tertiary/aromatic N) is 1. The number of rotatable bonds is 3. The number of aryl methyl sites for hydroxylation is 3. The van der Waals surface area contributed by atoms with Crippen LogP contribution >= 0.6 is 11.6 Å². The van der Waals surface area contributed by atoms with E-state index in [2.05, 4.69) is 10.5 Å². The predicted octanol–water partition coefficient (Wildman–Crippen LogP) is 3.76. The van der Waals surface area contributed by atoms with Gasteiger partial charge >= 0.3 is 0 Å². The van der Waals surface area contributed by atoms with Crippen molar-refractivity contribution in [1.82, 2.24) is 5.16 Å². The fourth-order valence-electron chi connectivity index (χ4n) is 1.90. The first-order valence-electron chi connectivity index (χ1n) is 6.05. The summed E-state index contributed by atoms with van der Waals surface area (Å²) >= 11 is 5.89. The summed E-state index contributed by atoms with van der Waals surface area (Å²) in [5, 5.41) is 7.33. The van der Waals surface area contributed by atoms with Crippen molar-refractivity contribution in [1.29, 1.82) is 0 Å². The summed E-state index contributed by atoms with van der Waals surface area (Å²) in [6, 6.07) is 5.33. The number of amides is 1. The Hall–Kier alpha value is -1.81. The van der Waals surface area contributed by atoms with Gasteiger partial charge in [-0.25, -0.2) is 0 Å². The average Bonchev–Trinajstić information content (AvgIpc) is 2.74. The van der Waals surface area contributed by atoms with Gasteiger partial charge in [0.1, 0.15) is 11.3 Å². The SMILES string of the molecule is CCc1onc(C)c1C(=O)Nc1ccc(Cl)cc1C. The van der Waals surface area contributed by atoms with Crippen LogP contribution in [0.5, 0.6) is 0 Å². The van der Waals surface area contributed by atoms with Crippen molar-refractivity contribution >= 4 is 23.2 Å². The Bertz CT molecular complexity index is 620. The van der Waals surface area contributed by atoms with Crippen molar-refractivity contribution < 1.29 is 9.32 Å². The van der Waals surface area contributed by atoms with Crippen LogP contribution in [0.25, 0.3) is 0 Å². The lowest BCUT2D eigenvalue weighted by Crippen LogP contribution is -2.15. The third-order valence-corrected chi connectivity index (χ3v) is 3.15. The first-order chi connectivity index (χ1) is 9.02. The van der Waals surface area contributed by atoms with Gasteiger partial charge in [0.05, 0.1) is 5.69 Å². The second-order valence-corrected chi connectivity index (χ2v) is 4.77. The summed E-state index contributed by atoms with van der Waals surface area (Å²) in [6.07, 6.45) is 0.628. The van der Waals surface area contributed by atoms with Crippen LogP contribution in [0.15, 0.2) is 22.7 Å². The molecule has 1 aromatic carbocycles. The molecule has 0 aliphatic carbocycles. The number of carbonyl (C=O) groups excluding carboxylic acids is 1. The van der Waals surface area contributed by atoms with E-state index in [9.17, 15) is 4.79 Å². The van der Waals surface area contributed by atoms with E-state index in [4.69, 9.17) is 16.1 Å². The molecular weight excluding hydrogens is 264 g/mol. The Morgan fingerprint density at radius 1 is 1.42 bits per heavy atom. The molecule has 1 N–H and O–H groups in total. The number of halogens is 1. The number of benzene rings is 1. The molecule has 0 atom stereocenters. The monoisotopic (exact) mass is 278 g/mol. The van der Waals surface area contributed by atoms with Crippen molar-refractivity contribution in [2.45, 2.75) is 27.2 Å². The fraction of sp³-hybridized carbons (Fsp3) is 0.286. The molecule has 0 fully saturated rings. The second kappa shape index (κ2) is 5.45. The van der Waals surface area contributed by atoms with Gasteiger partial charge < -0.3 is 9.84 Å². The maximum Gasteiger partial charge on any atom is 0.261 e. The highest BCUT2D eigenvalue weighted by Gasteiger charge is 2.19. The van der Waals surface area contributed by atoms with Gasteiger partial charge in [0, 0.05) is 17.1 Å². The number of anilines is 1. The summed E-state index contributed by atoms with van der Waals surface area (Å²) in [5.41, 5.74) is 2.75. The maximum absolute atomic E-state index is 12.3. The number of hydrogen-bond acceptors (Lipinski definition) is 3. The molecule has 2 rings (SSSR count). The topological polar surface area (TPSA) is 55.1 Å². The van der Waals surface area contributed by atoms with Crippen molar-refractivity contribution in [3.05, 3.63) is 45.8 Å². The zero-order valence-electron chi connectivity index (χ0n) is 11.1. The van der Waals surface area contributed by atoms with Gasteiger partial charge in [-0.1, -0.05) is 23.7 Å². The molecule has 0 saturated heterocycles. The molecule has 0 aliphatic heterocycles. The quantitative estimate of drug-likeness (QED) is 0.930. The highest BCUT2D eigenvalue weighted by Crippen LogP contribution is 2.22. The summed E-state index contributed by atoms with van der Waals surface area (Å²) in [4.78, 5) is 12.3. The van der Waals surface area contributed by atoms with Crippen molar-refractivity contribution in [2.75, 3.05) is 5.32 Å². The van der Waals surface area contributed by atoms with Gasteiger partial charge in [-0.05, 0) is 37.6 Å². The maximum atomic E-state index is 12.3. The molecule has 100 valence electrons. The molecule has 2 aromatic rings. The molecule has 0 unspecified atom stereocenters. The summed E-state index contributed by atoms with van der Waals surface area (Å²) in [6.45, 7) is 5.57. The standard InChI is InChI=1S/C14H15ClN2O2/c1-4-12-13(9(3)17-19-12)14(18)16-11-6-5-10(15)7-8(11)2/h5-7H,4H2,1-3H3,(H,16,18). The minimum Gasteiger partial charge on any atom is -0.360 e. The van der Waals surface area contributed by atoms with E-state index in [1.807, 2.05) is 13.8 Å². The van der Waals surface area contributed by atoms with Crippen LogP contribution in [0.1, 0.15) is 34.3 Å². The Labute approximate surface area is 116 Å². The minimum absolute atomic E-state index is 0.207. The van der Waals surface area contributed by atoms with Gasteiger partial charge in [0.15, 0.2) is 0 Å². The lowest BCUT2D eigenvalue weighted by atomic mass is 10.1. The molecule has 0 radical (unpaired) electrons. The molecule has 0 saturated carbocycles. The molecule has 19 heavy (non-hydrogen) atoms. The summed E-state index contributed by atoms with van der Waals surface area (Å²) in [5.74, 6) is 0.391. The lowest BCUT2D eigenvalue weighted by molar-refractivity contribution is 0.102. The van der Waals surface area contributed by atoms with E-state index < -0.39 is 0 Å². The highest BCUT2D eigenvalue weighted by atomic mass is 35.5. The van der Waals surface area contributed by atoms with Gasteiger partial charge in [-0.15, -0.1) is 0 Å². The Kier molecular flexibility index (Phi) is 3.90. The molecule has 0 bridgehead atoms. The summed E-state index contributed by atoms with van der Waals surface area (Å²) < 4.78 is 5.12. The van der Waals surface area contributed by atoms with Gasteiger partial charge in [0.2, 0.25) is 0 Å². The third-order valence-electron chi connectivity index (χ3n) is 2.92. The van der Waals surface area contributed by atoms with Crippen LogP contribution in [-0.2, 0) is 6.42 Å². The first-order valence-corrected chi connectivity index (χ1v) is 6.43. The average molecular weight is 279 g/mol. The van der Waals surface area contributed by atoms with Crippen LogP contribution in [0.3, 0.4) is 0 Å². The molecule has 0 spiro atoms. The van der Waals surface area contributed by atoms with Gasteiger partial charge in [-0.3, -0.25) is 4.79 Å². The Morgan fingerprint density at radius 2 is 2.16 bits per heavy atom. The van der Waals surface area contributed by atoms with Crippen LogP contribution in [0.2, 0.25) is 5.02 Å². The van der Waals surface area contributed by atoms with E-state index in [1.54, 1.807) is 25.1 Å². The largest absolute Gasteiger partial charge is 0.360 e. The zero-order valence-corrected chi connectivity index (χ0v) is 11.8. The molecule has 5 heteroatoms. The number of carbonyl (C=O) groups is 1. The fourth-order valence-corrected chi connectivity index (χ4v) is 2.13. The van der Waals surface area contributed by atoms with Gasteiger partial charge in [-0.2, -0.15) is 0 Å². The highest BCUT2D eigenvalue weighted by molar-refractivity contribution is 6.30. The Morgan fingerprint density at radius 3 is 2.79 bits per heavy atom. The zero-order chi connectivity index (χ0) is 14.0.